The summed E-state index contributed by atoms with van der Waals surface area (Å²) in [7, 11) is 0. The highest BCUT2D eigenvalue weighted by Crippen LogP contribution is 2.19. The van der Waals surface area contributed by atoms with Gasteiger partial charge in [-0.25, -0.2) is 0 Å². The molecule has 0 heterocycles. The minimum atomic E-state index is -2.61. The van der Waals surface area contributed by atoms with E-state index in [1.54, 1.807) is 0 Å². The van der Waals surface area contributed by atoms with Crippen molar-refractivity contribution in [2.24, 2.45) is 11.5 Å². The molecule has 0 aliphatic carbocycles. The van der Waals surface area contributed by atoms with E-state index >= 15 is 0 Å². The summed E-state index contributed by atoms with van der Waals surface area (Å²) >= 11 is 0. The molecular formula is C13H24N2O6. The fourth-order valence-corrected chi connectivity index (χ4v) is 1.70. The van der Waals surface area contributed by atoms with Crippen molar-refractivity contribution >= 4 is 11.8 Å². The van der Waals surface area contributed by atoms with Gasteiger partial charge in [0, 0.05) is 0 Å². The topological polar surface area (TPSA) is 167 Å². The Balaban J connectivity index is 5.00. The van der Waals surface area contributed by atoms with Crippen molar-refractivity contribution in [3.8, 4) is 0 Å². The fourth-order valence-electron chi connectivity index (χ4n) is 1.70. The quantitative estimate of drug-likeness (QED) is 0.200. The highest BCUT2D eigenvalue weighted by atomic mass is 16.4. The molecule has 8 nitrogen and oxygen atoms in total. The van der Waals surface area contributed by atoms with Gasteiger partial charge in [0.1, 0.15) is 12.2 Å². The van der Waals surface area contributed by atoms with Crippen molar-refractivity contribution in [1.82, 2.24) is 0 Å². The lowest BCUT2D eigenvalue weighted by Crippen LogP contribution is -2.60. The molecule has 0 saturated heterocycles. The van der Waals surface area contributed by atoms with Crippen molar-refractivity contribution < 1.29 is 30.0 Å². The second-order valence-corrected chi connectivity index (χ2v) is 4.87. The Hall–Kier alpha value is -1.48. The lowest BCUT2D eigenvalue weighted by molar-refractivity contribution is -0.164. The molecule has 122 valence electrons. The monoisotopic (exact) mass is 304 g/mol. The van der Waals surface area contributed by atoms with Gasteiger partial charge < -0.3 is 31.9 Å². The third-order valence-corrected chi connectivity index (χ3v) is 3.13. The van der Waals surface area contributed by atoms with Crippen LogP contribution in [0.2, 0.25) is 0 Å². The molecule has 8 N–H and O–H groups in total. The molecule has 4 unspecified atom stereocenters. The number of allylic oxidation sites excluding steroid dienone is 1. The van der Waals surface area contributed by atoms with Crippen LogP contribution in [0.25, 0.3) is 0 Å². The van der Waals surface area contributed by atoms with E-state index in [4.69, 9.17) is 11.5 Å². The van der Waals surface area contributed by atoms with Gasteiger partial charge in [-0.1, -0.05) is 25.8 Å². The van der Waals surface area contributed by atoms with E-state index in [-0.39, 0.29) is 0 Å². The van der Waals surface area contributed by atoms with E-state index < -0.39 is 35.7 Å². The Morgan fingerprint density at radius 3 is 2.19 bits per heavy atom. The molecule has 0 aromatic heterocycles. The van der Waals surface area contributed by atoms with Gasteiger partial charge in [0.25, 0.3) is 5.91 Å². The summed E-state index contributed by atoms with van der Waals surface area (Å²) in [6.45, 7) is 2.01. The summed E-state index contributed by atoms with van der Waals surface area (Å²) in [6.07, 6.45) is -0.820. The maximum atomic E-state index is 11.3. The van der Waals surface area contributed by atoms with Crippen molar-refractivity contribution in [2.45, 2.75) is 56.5 Å². The predicted molar refractivity (Wildman–Crippen MR) is 74.6 cm³/mol. The number of rotatable bonds is 10. The van der Waals surface area contributed by atoms with E-state index in [2.05, 4.69) is 0 Å². The molecule has 0 aliphatic rings. The Morgan fingerprint density at radius 1 is 1.19 bits per heavy atom. The Morgan fingerprint density at radius 2 is 1.76 bits per heavy atom. The minimum absolute atomic E-state index is 0.532. The number of carbonyl (C=O) groups excluding carboxylic acids is 2. The van der Waals surface area contributed by atoms with Gasteiger partial charge in [-0.3, -0.25) is 9.59 Å². The van der Waals surface area contributed by atoms with Crippen LogP contribution >= 0.6 is 0 Å². The van der Waals surface area contributed by atoms with Crippen LogP contribution in [0.3, 0.4) is 0 Å². The van der Waals surface area contributed by atoms with Crippen LogP contribution in [0.1, 0.15) is 32.6 Å². The van der Waals surface area contributed by atoms with E-state index in [0.717, 1.165) is 25.3 Å². The zero-order valence-corrected chi connectivity index (χ0v) is 12.0. The summed E-state index contributed by atoms with van der Waals surface area (Å²) in [6, 6.07) is 0. The van der Waals surface area contributed by atoms with Crippen molar-refractivity contribution in [3.05, 3.63) is 12.2 Å². The average molecular weight is 304 g/mol. The number of aliphatic hydroxyl groups excluding tert-OH is 3. The maximum absolute atomic E-state index is 11.3. The lowest BCUT2D eigenvalue weighted by atomic mass is 9.88. The number of unbranched alkanes of at least 4 members (excludes halogenated alkanes) is 3. The SMILES string of the molecule is CCCCC/C=C/C(O)(C(N)=O)C(O)C(O)C(O)C(N)=O. The summed E-state index contributed by atoms with van der Waals surface area (Å²) in [4.78, 5) is 22.1. The largest absolute Gasteiger partial charge is 0.387 e. The van der Waals surface area contributed by atoms with Crippen LogP contribution in [-0.4, -0.2) is 56.2 Å². The smallest absolute Gasteiger partial charge is 0.256 e. The number of amides is 2. The first kappa shape index (κ1) is 19.5. The molecule has 4 atom stereocenters. The van der Waals surface area contributed by atoms with E-state index in [1.165, 1.54) is 6.08 Å². The summed E-state index contributed by atoms with van der Waals surface area (Å²) in [5.41, 5.74) is 7.18. The average Bonchev–Trinajstić information content (AvgIpc) is 2.43. The first-order chi connectivity index (χ1) is 9.68. The Kier molecular flexibility index (Phi) is 8.11. The van der Waals surface area contributed by atoms with E-state index in [1.807, 2.05) is 6.92 Å². The minimum Gasteiger partial charge on any atom is -0.387 e. The van der Waals surface area contributed by atoms with Crippen molar-refractivity contribution in [1.29, 1.82) is 0 Å². The van der Waals surface area contributed by atoms with Crippen molar-refractivity contribution in [2.75, 3.05) is 0 Å². The Labute approximate surface area is 123 Å². The van der Waals surface area contributed by atoms with Crippen LogP contribution in [-0.2, 0) is 9.59 Å². The number of aliphatic hydroxyl groups is 4. The highest BCUT2D eigenvalue weighted by Gasteiger charge is 2.46. The molecule has 0 aromatic carbocycles. The number of carbonyl (C=O) groups is 2. The van der Waals surface area contributed by atoms with Crippen LogP contribution in [0.5, 0.6) is 0 Å². The van der Waals surface area contributed by atoms with Gasteiger partial charge in [-0.15, -0.1) is 0 Å². The molecule has 0 radical (unpaired) electrons. The lowest BCUT2D eigenvalue weighted by Gasteiger charge is -2.31. The highest BCUT2D eigenvalue weighted by molar-refractivity contribution is 5.87. The van der Waals surface area contributed by atoms with E-state index in [9.17, 15) is 30.0 Å². The van der Waals surface area contributed by atoms with Crippen LogP contribution in [0, 0.1) is 0 Å². The molecule has 0 aliphatic heterocycles. The standard InChI is InChI=1S/C13H24N2O6/c1-2-3-4-5-6-7-13(21,12(15)20)10(18)8(16)9(17)11(14)19/h6-10,16-18,21H,2-5H2,1H3,(H2,14,19)(H2,15,20)/b7-6+. The Bertz CT molecular complexity index is 387. The number of hydrogen-bond acceptors (Lipinski definition) is 6. The van der Waals surface area contributed by atoms with Gasteiger partial charge in [0.2, 0.25) is 5.91 Å². The van der Waals surface area contributed by atoms with Crippen LogP contribution < -0.4 is 11.5 Å². The fraction of sp³-hybridized carbons (Fsp3) is 0.692. The predicted octanol–water partition coefficient (Wildman–Crippen LogP) is -2.09. The number of nitrogens with two attached hydrogens (primary N) is 2. The molecule has 0 spiro atoms. The second-order valence-electron chi connectivity index (χ2n) is 4.87. The molecule has 0 aromatic rings. The zero-order chi connectivity index (χ0) is 16.6. The molecular weight excluding hydrogens is 280 g/mol. The third kappa shape index (κ3) is 5.43. The van der Waals surface area contributed by atoms with Crippen molar-refractivity contribution in [3.63, 3.8) is 0 Å². The summed E-state index contributed by atoms with van der Waals surface area (Å²) in [5.74, 6) is -2.63. The van der Waals surface area contributed by atoms with Gasteiger partial charge >= 0.3 is 0 Å². The van der Waals surface area contributed by atoms with Crippen LogP contribution in [0.15, 0.2) is 12.2 Å². The maximum Gasteiger partial charge on any atom is 0.256 e. The molecule has 21 heavy (non-hydrogen) atoms. The first-order valence-corrected chi connectivity index (χ1v) is 6.72. The van der Waals surface area contributed by atoms with Gasteiger partial charge in [-0.05, 0) is 18.9 Å². The number of hydrogen-bond donors (Lipinski definition) is 6. The first-order valence-electron chi connectivity index (χ1n) is 6.72. The van der Waals surface area contributed by atoms with E-state index in [0.29, 0.717) is 6.42 Å². The normalized spacial score (nSPS) is 18.9. The molecule has 0 saturated carbocycles. The van der Waals surface area contributed by atoms with Gasteiger partial charge in [-0.2, -0.15) is 0 Å². The van der Waals surface area contributed by atoms with Gasteiger partial charge in [0.15, 0.2) is 11.7 Å². The molecule has 0 fully saturated rings. The number of primary amides is 2. The molecule has 2 amide bonds. The molecule has 8 heteroatoms. The third-order valence-electron chi connectivity index (χ3n) is 3.13. The van der Waals surface area contributed by atoms with Crippen LogP contribution in [0.4, 0.5) is 0 Å². The molecule has 0 bridgehead atoms. The van der Waals surface area contributed by atoms with Gasteiger partial charge in [0.05, 0.1) is 0 Å². The second kappa shape index (κ2) is 8.73. The zero-order valence-electron chi connectivity index (χ0n) is 12.0. The summed E-state index contributed by atoms with van der Waals surface area (Å²) < 4.78 is 0. The summed E-state index contributed by atoms with van der Waals surface area (Å²) in [5, 5.41) is 38.7. The molecule has 0 rings (SSSR count).